The Hall–Kier alpha value is -3.05. The van der Waals surface area contributed by atoms with Crippen LogP contribution in [0.2, 0.25) is 5.02 Å². The van der Waals surface area contributed by atoms with Crippen LogP contribution in [-0.2, 0) is 15.1 Å². The highest BCUT2D eigenvalue weighted by Gasteiger charge is 2.46. The van der Waals surface area contributed by atoms with Gasteiger partial charge in [0, 0.05) is 23.1 Å². The van der Waals surface area contributed by atoms with E-state index in [2.05, 4.69) is 6.58 Å². The first-order valence-electron chi connectivity index (χ1n) is 8.65. The average molecular weight is 397 g/mol. The molecule has 5 nitrogen and oxygen atoms in total. The van der Waals surface area contributed by atoms with E-state index < -0.39 is 17.2 Å². The SMILES string of the molecule is C=C1CC(c2ccccc2)(c2cc(OC)c3c(C)c(Cl)c(=O)oc3c2)OC1=O. The first-order chi connectivity index (χ1) is 13.4. The standard InChI is InChI=1S/C22H17ClO5/c1-12-11-22(28-20(12)24,14-7-5-4-6-8-14)15-9-16(26-3)18-13(2)19(23)21(25)27-17(18)10-15/h4-10H,1,11H2,2-3H3. The van der Waals surface area contributed by atoms with Gasteiger partial charge in [-0.3, -0.25) is 0 Å². The van der Waals surface area contributed by atoms with E-state index in [0.717, 1.165) is 5.56 Å². The third-order valence-electron chi connectivity index (χ3n) is 5.10. The van der Waals surface area contributed by atoms with Crippen molar-refractivity contribution in [3.8, 4) is 5.75 Å². The van der Waals surface area contributed by atoms with Crippen LogP contribution in [0.4, 0.5) is 0 Å². The molecule has 2 heterocycles. The van der Waals surface area contributed by atoms with E-state index in [1.54, 1.807) is 19.1 Å². The molecular weight excluding hydrogens is 380 g/mol. The van der Waals surface area contributed by atoms with Crippen LogP contribution in [-0.4, -0.2) is 13.1 Å². The van der Waals surface area contributed by atoms with E-state index in [1.807, 2.05) is 30.3 Å². The number of carbonyl (C=O) groups excluding carboxylic acids is 1. The Morgan fingerprint density at radius 1 is 1.14 bits per heavy atom. The highest BCUT2D eigenvalue weighted by Crippen LogP contribution is 2.47. The molecule has 0 aliphatic carbocycles. The summed E-state index contributed by atoms with van der Waals surface area (Å²) in [6.45, 7) is 5.56. The van der Waals surface area contributed by atoms with Gasteiger partial charge in [-0.1, -0.05) is 48.5 Å². The molecule has 1 atom stereocenters. The number of aryl methyl sites for hydroxylation is 1. The number of esters is 1. The summed E-state index contributed by atoms with van der Waals surface area (Å²) in [7, 11) is 1.52. The molecule has 6 heteroatoms. The lowest BCUT2D eigenvalue weighted by Crippen LogP contribution is -2.27. The van der Waals surface area contributed by atoms with Crippen molar-refractivity contribution < 1.29 is 18.7 Å². The van der Waals surface area contributed by atoms with Crippen molar-refractivity contribution in [2.24, 2.45) is 0 Å². The Bertz CT molecular complexity index is 1160. The lowest BCUT2D eigenvalue weighted by molar-refractivity contribution is -0.144. The largest absolute Gasteiger partial charge is 0.496 e. The van der Waals surface area contributed by atoms with Crippen molar-refractivity contribution in [3.63, 3.8) is 0 Å². The van der Waals surface area contributed by atoms with Crippen LogP contribution in [0.15, 0.2) is 63.8 Å². The Morgan fingerprint density at radius 3 is 2.46 bits per heavy atom. The summed E-state index contributed by atoms with van der Waals surface area (Å²) in [5, 5.41) is 0.610. The van der Waals surface area contributed by atoms with Gasteiger partial charge in [-0.25, -0.2) is 9.59 Å². The molecule has 2 aromatic carbocycles. The van der Waals surface area contributed by atoms with Crippen LogP contribution in [0.25, 0.3) is 11.0 Å². The maximum atomic E-state index is 12.3. The third-order valence-corrected chi connectivity index (χ3v) is 5.53. The summed E-state index contributed by atoms with van der Waals surface area (Å²) in [6, 6.07) is 12.9. The fourth-order valence-corrected chi connectivity index (χ4v) is 3.81. The van der Waals surface area contributed by atoms with Crippen molar-refractivity contribution in [2.75, 3.05) is 7.11 Å². The molecule has 1 aliphatic rings. The zero-order chi connectivity index (χ0) is 20.1. The number of ether oxygens (including phenoxy) is 2. The molecule has 1 aromatic heterocycles. The quantitative estimate of drug-likeness (QED) is 0.370. The second kappa shape index (κ2) is 6.53. The van der Waals surface area contributed by atoms with Gasteiger partial charge in [0.25, 0.3) is 0 Å². The number of hydrogen-bond donors (Lipinski definition) is 0. The van der Waals surface area contributed by atoms with Crippen molar-refractivity contribution in [1.82, 2.24) is 0 Å². The van der Waals surface area contributed by atoms with Crippen LogP contribution in [0.5, 0.6) is 5.75 Å². The fraction of sp³-hybridized carbons (Fsp3) is 0.182. The molecule has 3 aromatic rings. The van der Waals surface area contributed by atoms with Gasteiger partial charge in [0.2, 0.25) is 0 Å². The highest BCUT2D eigenvalue weighted by atomic mass is 35.5. The summed E-state index contributed by atoms with van der Waals surface area (Å²) in [6.07, 6.45) is 0.279. The molecule has 1 unspecified atom stereocenters. The first kappa shape index (κ1) is 18.3. The van der Waals surface area contributed by atoms with Crippen LogP contribution < -0.4 is 10.4 Å². The van der Waals surface area contributed by atoms with Gasteiger partial charge in [-0.05, 0) is 24.6 Å². The Morgan fingerprint density at radius 2 is 1.86 bits per heavy atom. The van der Waals surface area contributed by atoms with Gasteiger partial charge in [-0.15, -0.1) is 0 Å². The van der Waals surface area contributed by atoms with Gasteiger partial charge in [0.05, 0.1) is 12.5 Å². The number of cyclic esters (lactones) is 1. The molecule has 142 valence electrons. The van der Waals surface area contributed by atoms with Crippen LogP contribution in [0.3, 0.4) is 0 Å². The van der Waals surface area contributed by atoms with Gasteiger partial charge < -0.3 is 13.9 Å². The number of hydrogen-bond acceptors (Lipinski definition) is 5. The topological polar surface area (TPSA) is 65.7 Å². The normalized spacial score (nSPS) is 19.1. The van der Waals surface area contributed by atoms with Crippen molar-refractivity contribution in [2.45, 2.75) is 18.9 Å². The number of benzene rings is 2. The molecule has 0 bridgehead atoms. The summed E-state index contributed by atoms with van der Waals surface area (Å²) >= 11 is 6.07. The zero-order valence-electron chi connectivity index (χ0n) is 15.4. The minimum Gasteiger partial charge on any atom is -0.496 e. The highest BCUT2D eigenvalue weighted by molar-refractivity contribution is 6.32. The molecule has 28 heavy (non-hydrogen) atoms. The van der Waals surface area contributed by atoms with Gasteiger partial charge in [0.1, 0.15) is 16.4 Å². The van der Waals surface area contributed by atoms with E-state index in [9.17, 15) is 9.59 Å². The summed E-state index contributed by atoms with van der Waals surface area (Å²) < 4.78 is 16.8. The van der Waals surface area contributed by atoms with E-state index in [1.165, 1.54) is 7.11 Å². The summed E-state index contributed by atoms with van der Waals surface area (Å²) in [5.41, 5.74) is 0.951. The average Bonchev–Trinajstić information content (AvgIpc) is 3.01. The van der Waals surface area contributed by atoms with Crippen molar-refractivity contribution >= 4 is 28.5 Å². The van der Waals surface area contributed by atoms with Crippen LogP contribution in [0, 0.1) is 6.92 Å². The number of halogens is 1. The molecule has 0 radical (unpaired) electrons. The molecule has 0 spiro atoms. The maximum absolute atomic E-state index is 12.3. The Kier molecular flexibility index (Phi) is 4.27. The minimum absolute atomic E-state index is 0.0111. The smallest absolute Gasteiger partial charge is 0.355 e. The molecule has 1 saturated heterocycles. The summed E-state index contributed by atoms with van der Waals surface area (Å²) in [5.74, 6) is 0.0103. The van der Waals surface area contributed by atoms with Crippen molar-refractivity contribution in [3.05, 3.63) is 86.7 Å². The molecule has 1 aliphatic heterocycles. The fourth-order valence-electron chi connectivity index (χ4n) is 3.68. The zero-order valence-corrected chi connectivity index (χ0v) is 16.1. The van der Waals surface area contributed by atoms with Gasteiger partial charge in [0.15, 0.2) is 5.60 Å². The molecule has 0 N–H and O–H groups in total. The lowest BCUT2D eigenvalue weighted by atomic mass is 9.82. The third kappa shape index (κ3) is 2.62. The molecule has 0 saturated carbocycles. The number of rotatable bonds is 3. The van der Waals surface area contributed by atoms with E-state index in [4.69, 9.17) is 25.5 Å². The van der Waals surface area contributed by atoms with Gasteiger partial charge in [-0.2, -0.15) is 0 Å². The molecule has 4 rings (SSSR count). The number of carbonyl (C=O) groups is 1. The minimum atomic E-state index is -1.08. The second-order valence-corrected chi connectivity index (χ2v) is 7.12. The maximum Gasteiger partial charge on any atom is 0.355 e. The monoisotopic (exact) mass is 396 g/mol. The molecular formula is C22H17ClO5. The van der Waals surface area contributed by atoms with E-state index >= 15 is 0 Å². The lowest BCUT2D eigenvalue weighted by Gasteiger charge is -2.29. The Balaban J connectivity index is 2.06. The molecule has 1 fully saturated rings. The molecule has 0 amide bonds. The van der Waals surface area contributed by atoms with Crippen LogP contribution >= 0.6 is 11.6 Å². The second-order valence-electron chi connectivity index (χ2n) is 6.74. The van der Waals surface area contributed by atoms with Crippen molar-refractivity contribution in [1.29, 1.82) is 0 Å². The predicted octanol–water partition coefficient (Wildman–Crippen LogP) is 4.51. The predicted molar refractivity (Wildman–Crippen MR) is 106 cm³/mol. The van der Waals surface area contributed by atoms with Gasteiger partial charge >= 0.3 is 11.6 Å². The van der Waals surface area contributed by atoms with E-state index in [-0.39, 0.29) is 11.4 Å². The number of methoxy groups -OCH3 is 1. The van der Waals surface area contributed by atoms with Crippen LogP contribution in [0.1, 0.15) is 23.1 Å². The Labute approximate surface area is 166 Å². The first-order valence-corrected chi connectivity index (χ1v) is 9.03. The summed E-state index contributed by atoms with van der Waals surface area (Å²) in [4.78, 5) is 24.4. The number of fused-ring (bicyclic) bond motifs is 1. The van der Waals surface area contributed by atoms with E-state index in [0.29, 0.717) is 33.4 Å².